The molecule has 1 aliphatic rings. The van der Waals surface area contributed by atoms with E-state index in [0.29, 0.717) is 17.7 Å². The summed E-state index contributed by atoms with van der Waals surface area (Å²) in [5, 5.41) is 2.93. The van der Waals surface area contributed by atoms with Crippen LogP contribution in [0.5, 0.6) is 0 Å². The number of benzene rings is 1. The molecule has 24 heavy (non-hydrogen) atoms. The number of carbonyl (C=O) groups is 1. The van der Waals surface area contributed by atoms with Crippen molar-refractivity contribution in [1.29, 1.82) is 0 Å². The Morgan fingerprint density at radius 3 is 2.42 bits per heavy atom. The second-order valence-electron chi connectivity index (χ2n) is 6.62. The zero-order chi connectivity index (χ0) is 17.6. The van der Waals surface area contributed by atoms with Crippen LogP contribution in [0.15, 0.2) is 29.2 Å². The summed E-state index contributed by atoms with van der Waals surface area (Å²) in [4.78, 5) is 12.1. The fraction of sp³-hybridized carbons (Fsp3) is 0.611. The molecule has 1 atom stereocenters. The maximum atomic E-state index is 12.3. The van der Waals surface area contributed by atoms with Gasteiger partial charge >= 0.3 is 0 Å². The van der Waals surface area contributed by atoms with Crippen LogP contribution in [-0.2, 0) is 21.2 Å². The predicted octanol–water partition coefficient (Wildman–Crippen LogP) is 2.75. The first-order chi connectivity index (χ1) is 11.4. The van der Waals surface area contributed by atoms with Crippen LogP contribution in [0.3, 0.4) is 0 Å². The van der Waals surface area contributed by atoms with E-state index in [0.717, 1.165) is 37.7 Å². The SMILES string of the molecule is CCC(C)NC(=O)CCc1ccc(S(=O)(=O)NC2CCCC2)cc1. The van der Waals surface area contributed by atoms with Gasteiger partial charge in [-0.2, -0.15) is 0 Å². The standard InChI is InChI=1S/C18H28N2O3S/c1-3-14(2)19-18(21)13-10-15-8-11-17(12-9-15)24(22,23)20-16-6-4-5-7-16/h8-9,11-12,14,16,20H,3-7,10,13H2,1-2H3,(H,19,21). The van der Waals surface area contributed by atoms with Crippen LogP contribution < -0.4 is 10.0 Å². The van der Waals surface area contributed by atoms with Gasteiger partial charge in [0.05, 0.1) is 4.90 Å². The van der Waals surface area contributed by atoms with Crippen molar-refractivity contribution in [3.8, 4) is 0 Å². The molecule has 1 amide bonds. The highest BCUT2D eigenvalue weighted by Crippen LogP contribution is 2.20. The van der Waals surface area contributed by atoms with Gasteiger partial charge in [0.2, 0.25) is 15.9 Å². The quantitative estimate of drug-likeness (QED) is 0.755. The first-order valence-corrected chi connectivity index (χ1v) is 10.3. The topological polar surface area (TPSA) is 75.3 Å². The molecule has 1 aromatic carbocycles. The number of rotatable bonds is 8. The number of hydrogen-bond donors (Lipinski definition) is 2. The van der Waals surface area contributed by atoms with Crippen molar-refractivity contribution in [1.82, 2.24) is 10.0 Å². The fourth-order valence-corrected chi connectivity index (χ4v) is 4.18. The van der Waals surface area contributed by atoms with Gasteiger partial charge in [0.1, 0.15) is 0 Å². The number of hydrogen-bond acceptors (Lipinski definition) is 3. The van der Waals surface area contributed by atoms with E-state index in [9.17, 15) is 13.2 Å². The number of aryl methyl sites for hydroxylation is 1. The molecule has 0 bridgehead atoms. The van der Waals surface area contributed by atoms with Crippen molar-refractivity contribution >= 4 is 15.9 Å². The van der Waals surface area contributed by atoms with Crippen LogP contribution in [-0.4, -0.2) is 26.4 Å². The third kappa shape index (κ3) is 5.60. The minimum absolute atomic E-state index is 0.0314. The molecule has 0 aromatic heterocycles. The van der Waals surface area contributed by atoms with E-state index in [-0.39, 0.29) is 18.0 Å². The van der Waals surface area contributed by atoms with E-state index in [1.165, 1.54) is 0 Å². The number of amides is 1. The van der Waals surface area contributed by atoms with Crippen LogP contribution >= 0.6 is 0 Å². The minimum atomic E-state index is -3.44. The molecule has 0 radical (unpaired) electrons. The average Bonchev–Trinajstić information content (AvgIpc) is 3.05. The summed E-state index contributed by atoms with van der Waals surface area (Å²) in [5.74, 6) is 0.0314. The van der Waals surface area contributed by atoms with Gasteiger partial charge in [0.15, 0.2) is 0 Å². The molecular formula is C18H28N2O3S. The van der Waals surface area contributed by atoms with Crippen molar-refractivity contribution in [3.05, 3.63) is 29.8 Å². The van der Waals surface area contributed by atoms with Crippen LogP contribution in [0, 0.1) is 0 Å². The Bertz CT molecular complexity index is 635. The second-order valence-corrected chi connectivity index (χ2v) is 8.34. The zero-order valence-corrected chi connectivity index (χ0v) is 15.4. The van der Waals surface area contributed by atoms with Gasteiger partial charge in [-0.05, 0) is 50.3 Å². The van der Waals surface area contributed by atoms with E-state index < -0.39 is 10.0 Å². The van der Waals surface area contributed by atoms with Crippen molar-refractivity contribution in [2.45, 2.75) is 75.8 Å². The normalized spacial score (nSPS) is 16.9. The van der Waals surface area contributed by atoms with E-state index in [1.54, 1.807) is 24.3 Å². The van der Waals surface area contributed by atoms with Gasteiger partial charge in [0, 0.05) is 18.5 Å². The van der Waals surface area contributed by atoms with Crippen molar-refractivity contribution in [2.24, 2.45) is 0 Å². The van der Waals surface area contributed by atoms with E-state index >= 15 is 0 Å². The van der Waals surface area contributed by atoms with Gasteiger partial charge in [-0.25, -0.2) is 13.1 Å². The number of carbonyl (C=O) groups excluding carboxylic acids is 1. The van der Waals surface area contributed by atoms with Crippen molar-refractivity contribution < 1.29 is 13.2 Å². The lowest BCUT2D eigenvalue weighted by Crippen LogP contribution is -2.32. The molecular weight excluding hydrogens is 324 g/mol. The number of nitrogens with one attached hydrogen (secondary N) is 2. The van der Waals surface area contributed by atoms with Gasteiger partial charge < -0.3 is 5.32 Å². The maximum Gasteiger partial charge on any atom is 0.240 e. The van der Waals surface area contributed by atoms with Crippen LogP contribution in [0.4, 0.5) is 0 Å². The summed E-state index contributed by atoms with van der Waals surface area (Å²) in [6, 6.07) is 7.09. The molecule has 2 N–H and O–H groups in total. The Balaban J connectivity index is 1.89. The molecule has 0 heterocycles. The minimum Gasteiger partial charge on any atom is -0.354 e. The van der Waals surface area contributed by atoms with E-state index in [1.807, 2.05) is 13.8 Å². The summed E-state index contributed by atoms with van der Waals surface area (Å²) in [6.07, 6.45) is 5.95. The summed E-state index contributed by atoms with van der Waals surface area (Å²) >= 11 is 0. The monoisotopic (exact) mass is 352 g/mol. The first-order valence-electron chi connectivity index (χ1n) is 8.81. The Hall–Kier alpha value is -1.40. The van der Waals surface area contributed by atoms with E-state index in [4.69, 9.17) is 0 Å². The predicted molar refractivity (Wildman–Crippen MR) is 95.2 cm³/mol. The highest BCUT2D eigenvalue weighted by Gasteiger charge is 2.22. The van der Waals surface area contributed by atoms with Gasteiger partial charge in [0.25, 0.3) is 0 Å². The molecule has 0 spiro atoms. The molecule has 1 fully saturated rings. The molecule has 1 unspecified atom stereocenters. The lowest BCUT2D eigenvalue weighted by Gasteiger charge is -2.13. The lowest BCUT2D eigenvalue weighted by atomic mass is 10.1. The molecule has 0 saturated heterocycles. The smallest absolute Gasteiger partial charge is 0.240 e. The summed E-state index contributed by atoms with van der Waals surface area (Å²) in [6.45, 7) is 4.01. The Morgan fingerprint density at radius 2 is 1.83 bits per heavy atom. The molecule has 1 saturated carbocycles. The zero-order valence-electron chi connectivity index (χ0n) is 14.5. The average molecular weight is 353 g/mol. The van der Waals surface area contributed by atoms with Crippen molar-refractivity contribution in [2.75, 3.05) is 0 Å². The van der Waals surface area contributed by atoms with Crippen LogP contribution in [0.1, 0.15) is 57.9 Å². The van der Waals surface area contributed by atoms with Crippen LogP contribution in [0.2, 0.25) is 0 Å². The molecule has 1 aliphatic carbocycles. The number of sulfonamides is 1. The van der Waals surface area contributed by atoms with Gasteiger partial charge in [-0.3, -0.25) is 4.79 Å². The molecule has 1 aromatic rings. The third-order valence-corrected chi connectivity index (χ3v) is 6.11. The Morgan fingerprint density at radius 1 is 1.21 bits per heavy atom. The van der Waals surface area contributed by atoms with Crippen LogP contribution in [0.25, 0.3) is 0 Å². The largest absolute Gasteiger partial charge is 0.354 e. The summed E-state index contributed by atoms with van der Waals surface area (Å²) < 4.78 is 27.5. The van der Waals surface area contributed by atoms with Crippen molar-refractivity contribution in [3.63, 3.8) is 0 Å². The molecule has 134 valence electrons. The van der Waals surface area contributed by atoms with Gasteiger partial charge in [-0.15, -0.1) is 0 Å². The summed E-state index contributed by atoms with van der Waals surface area (Å²) in [5.41, 5.74) is 0.967. The fourth-order valence-electron chi connectivity index (χ4n) is 2.87. The summed E-state index contributed by atoms with van der Waals surface area (Å²) in [7, 11) is -3.44. The first kappa shape index (κ1) is 18.9. The second kappa shape index (κ2) is 8.62. The highest BCUT2D eigenvalue weighted by atomic mass is 32.2. The third-order valence-electron chi connectivity index (χ3n) is 4.57. The lowest BCUT2D eigenvalue weighted by molar-refractivity contribution is -0.121. The molecule has 0 aliphatic heterocycles. The molecule has 6 heteroatoms. The maximum absolute atomic E-state index is 12.3. The highest BCUT2D eigenvalue weighted by molar-refractivity contribution is 7.89. The molecule has 5 nitrogen and oxygen atoms in total. The van der Waals surface area contributed by atoms with Gasteiger partial charge in [-0.1, -0.05) is 31.9 Å². The van der Waals surface area contributed by atoms with E-state index in [2.05, 4.69) is 10.0 Å². The molecule has 2 rings (SSSR count). The Kier molecular flexibility index (Phi) is 6.80. The Labute approximate surface area is 145 Å².